The van der Waals surface area contributed by atoms with E-state index in [4.69, 9.17) is 9.47 Å². The second-order valence-electron chi connectivity index (χ2n) is 5.42. The van der Waals surface area contributed by atoms with Gasteiger partial charge in [0.25, 0.3) is 0 Å². The van der Waals surface area contributed by atoms with Crippen molar-refractivity contribution in [2.45, 2.75) is 24.9 Å². The molecule has 1 saturated carbocycles. The predicted molar refractivity (Wildman–Crippen MR) is 77.4 cm³/mol. The van der Waals surface area contributed by atoms with Crippen LogP contribution in [0.15, 0.2) is 48.5 Å². The summed E-state index contributed by atoms with van der Waals surface area (Å²) in [6.07, 6.45) is 2.57. The lowest BCUT2D eigenvalue weighted by Gasteiger charge is -2.12. The number of fused-ring (bicyclic) bond motifs is 1. The summed E-state index contributed by atoms with van der Waals surface area (Å²) in [6.45, 7) is 0.723. The van der Waals surface area contributed by atoms with Crippen LogP contribution in [0.25, 0.3) is 0 Å². The van der Waals surface area contributed by atoms with Gasteiger partial charge in [0.15, 0.2) is 0 Å². The Morgan fingerprint density at radius 2 is 1.85 bits per heavy atom. The van der Waals surface area contributed by atoms with Gasteiger partial charge in [-0.15, -0.1) is 0 Å². The van der Waals surface area contributed by atoms with Crippen molar-refractivity contribution < 1.29 is 9.47 Å². The zero-order valence-corrected chi connectivity index (χ0v) is 11.2. The first-order chi connectivity index (χ1) is 9.88. The van der Waals surface area contributed by atoms with Crippen molar-refractivity contribution >= 4 is 0 Å². The predicted octanol–water partition coefficient (Wildman–Crippen LogP) is 3.66. The molecule has 20 heavy (non-hydrogen) atoms. The summed E-state index contributed by atoms with van der Waals surface area (Å²) in [5.41, 5.74) is 1.21. The first-order valence-corrected chi connectivity index (χ1v) is 7.14. The van der Waals surface area contributed by atoms with Gasteiger partial charge in [0.05, 0.1) is 6.04 Å². The first-order valence-electron chi connectivity index (χ1n) is 7.14. The highest BCUT2D eigenvalue weighted by molar-refractivity contribution is 5.46. The topological polar surface area (TPSA) is 30.5 Å². The van der Waals surface area contributed by atoms with E-state index < -0.39 is 0 Å². The molecular weight excluding hydrogens is 250 g/mol. The fourth-order valence-electron chi connectivity index (χ4n) is 2.55. The third-order valence-electron chi connectivity index (χ3n) is 3.76. The van der Waals surface area contributed by atoms with Crippen molar-refractivity contribution in [1.82, 2.24) is 5.32 Å². The highest BCUT2D eigenvalue weighted by Crippen LogP contribution is 2.38. The van der Waals surface area contributed by atoms with E-state index in [1.807, 2.05) is 42.5 Å². The lowest BCUT2D eigenvalue weighted by atomic mass is 10.1. The molecule has 1 unspecified atom stereocenters. The third-order valence-corrected chi connectivity index (χ3v) is 3.76. The normalized spacial score (nSPS) is 20.3. The summed E-state index contributed by atoms with van der Waals surface area (Å²) < 4.78 is 11.6. The zero-order valence-electron chi connectivity index (χ0n) is 11.2. The molecule has 0 aromatic heterocycles. The standard InChI is InChI=1S/C17H17NO2/c1-2-4-13(5-3-1)20-14-8-9-17-15(10-14)16(11-19-17)18-12-6-7-12/h1-5,8-10,12,16,18H,6-7,11H2. The molecule has 0 spiro atoms. The maximum atomic E-state index is 5.89. The van der Waals surface area contributed by atoms with Crippen LogP contribution >= 0.6 is 0 Å². The van der Waals surface area contributed by atoms with E-state index in [9.17, 15) is 0 Å². The zero-order chi connectivity index (χ0) is 13.4. The van der Waals surface area contributed by atoms with E-state index in [0.717, 1.165) is 23.9 Å². The minimum atomic E-state index is 0.303. The fourth-order valence-corrected chi connectivity index (χ4v) is 2.55. The number of hydrogen-bond donors (Lipinski definition) is 1. The highest BCUT2D eigenvalue weighted by Gasteiger charge is 2.30. The SMILES string of the molecule is c1ccc(Oc2ccc3c(c2)C(NC2CC2)CO3)cc1. The smallest absolute Gasteiger partial charge is 0.128 e. The number of hydrogen-bond acceptors (Lipinski definition) is 3. The Bertz CT molecular complexity index is 608. The van der Waals surface area contributed by atoms with E-state index >= 15 is 0 Å². The van der Waals surface area contributed by atoms with Crippen LogP contribution in [0.1, 0.15) is 24.4 Å². The Kier molecular flexibility index (Phi) is 2.85. The van der Waals surface area contributed by atoms with Gasteiger partial charge < -0.3 is 14.8 Å². The second kappa shape index (κ2) is 4.84. The molecule has 0 bridgehead atoms. The van der Waals surface area contributed by atoms with Crippen molar-refractivity contribution in [3.8, 4) is 17.2 Å². The molecule has 2 aromatic carbocycles. The van der Waals surface area contributed by atoms with Gasteiger partial charge in [-0.2, -0.15) is 0 Å². The first kappa shape index (κ1) is 11.8. The molecule has 4 rings (SSSR count). The summed E-state index contributed by atoms with van der Waals surface area (Å²) in [7, 11) is 0. The molecule has 1 heterocycles. The highest BCUT2D eigenvalue weighted by atomic mass is 16.5. The van der Waals surface area contributed by atoms with Crippen LogP contribution in [-0.4, -0.2) is 12.6 Å². The van der Waals surface area contributed by atoms with Gasteiger partial charge in [0, 0.05) is 11.6 Å². The molecule has 1 aliphatic heterocycles. The van der Waals surface area contributed by atoms with Crippen LogP contribution in [0.5, 0.6) is 17.2 Å². The Balaban J connectivity index is 1.56. The van der Waals surface area contributed by atoms with E-state index in [0.29, 0.717) is 12.1 Å². The van der Waals surface area contributed by atoms with Crippen molar-refractivity contribution in [2.24, 2.45) is 0 Å². The Morgan fingerprint density at radius 3 is 2.65 bits per heavy atom. The number of benzene rings is 2. The van der Waals surface area contributed by atoms with Crippen LogP contribution in [-0.2, 0) is 0 Å². The molecular formula is C17H17NO2. The van der Waals surface area contributed by atoms with Crippen LogP contribution in [0.4, 0.5) is 0 Å². The number of ether oxygens (including phenoxy) is 2. The molecule has 3 nitrogen and oxygen atoms in total. The van der Waals surface area contributed by atoms with Gasteiger partial charge in [-0.25, -0.2) is 0 Å². The number of para-hydroxylation sites is 1. The van der Waals surface area contributed by atoms with Gasteiger partial charge in [0.1, 0.15) is 23.9 Å². The van der Waals surface area contributed by atoms with Gasteiger partial charge in [0.2, 0.25) is 0 Å². The van der Waals surface area contributed by atoms with E-state index in [2.05, 4.69) is 11.4 Å². The number of nitrogens with one attached hydrogen (secondary N) is 1. The lowest BCUT2D eigenvalue weighted by molar-refractivity contribution is 0.310. The van der Waals surface area contributed by atoms with Crippen molar-refractivity contribution in [3.63, 3.8) is 0 Å². The third kappa shape index (κ3) is 2.37. The van der Waals surface area contributed by atoms with Gasteiger partial charge >= 0.3 is 0 Å². The van der Waals surface area contributed by atoms with E-state index in [-0.39, 0.29) is 0 Å². The Hall–Kier alpha value is -2.00. The molecule has 1 aliphatic carbocycles. The van der Waals surface area contributed by atoms with E-state index in [1.165, 1.54) is 18.4 Å². The molecule has 3 heteroatoms. The van der Waals surface area contributed by atoms with E-state index in [1.54, 1.807) is 0 Å². The van der Waals surface area contributed by atoms with Gasteiger partial charge in [-0.3, -0.25) is 0 Å². The lowest BCUT2D eigenvalue weighted by Crippen LogP contribution is -2.24. The largest absolute Gasteiger partial charge is 0.491 e. The van der Waals surface area contributed by atoms with Gasteiger partial charge in [-0.1, -0.05) is 18.2 Å². The van der Waals surface area contributed by atoms with Gasteiger partial charge in [-0.05, 0) is 43.2 Å². The van der Waals surface area contributed by atoms with Crippen molar-refractivity contribution in [3.05, 3.63) is 54.1 Å². The summed E-state index contributed by atoms with van der Waals surface area (Å²) >= 11 is 0. The minimum Gasteiger partial charge on any atom is -0.491 e. The van der Waals surface area contributed by atoms with Crippen molar-refractivity contribution in [2.75, 3.05) is 6.61 Å². The average molecular weight is 267 g/mol. The van der Waals surface area contributed by atoms with Crippen LogP contribution < -0.4 is 14.8 Å². The van der Waals surface area contributed by atoms with Crippen LogP contribution in [0, 0.1) is 0 Å². The molecule has 0 saturated heterocycles. The second-order valence-corrected chi connectivity index (χ2v) is 5.42. The molecule has 1 fully saturated rings. The minimum absolute atomic E-state index is 0.303. The fraction of sp³-hybridized carbons (Fsp3) is 0.294. The molecule has 102 valence electrons. The summed E-state index contributed by atoms with van der Waals surface area (Å²) in [6, 6.07) is 16.9. The number of rotatable bonds is 4. The molecule has 1 atom stereocenters. The monoisotopic (exact) mass is 267 g/mol. The molecule has 2 aliphatic rings. The van der Waals surface area contributed by atoms with Crippen LogP contribution in [0.2, 0.25) is 0 Å². The summed E-state index contributed by atoms with van der Waals surface area (Å²) in [5, 5.41) is 3.62. The maximum absolute atomic E-state index is 5.89. The summed E-state index contributed by atoms with van der Waals surface area (Å²) in [4.78, 5) is 0. The molecule has 0 radical (unpaired) electrons. The summed E-state index contributed by atoms with van der Waals surface area (Å²) in [5.74, 6) is 2.70. The molecule has 0 amide bonds. The average Bonchev–Trinajstić information content (AvgIpc) is 3.21. The maximum Gasteiger partial charge on any atom is 0.128 e. The Morgan fingerprint density at radius 1 is 1.00 bits per heavy atom. The molecule has 2 aromatic rings. The molecule has 1 N–H and O–H groups in total. The van der Waals surface area contributed by atoms with Crippen molar-refractivity contribution in [1.29, 1.82) is 0 Å². The quantitative estimate of drug-likeness (QED) is 0.917. The van der Waals surface area contributed by atoms with Crippen LogP contribution in [0.3, 0.4) is 0 Å². The Labute approximate surface area is 118 Å².